The quantitative estimate of drug-likeness (QED) is 0.590. The number of aromatic nitrogens is 1. The van der Waals surface area contributed by atoms with Crippen molar-refractivity contribution in [3.05, 3.63) is 76.0 Å². The molecule has 3 aromatic rings. The molecule has 0 amide bonds. The maximum Gasteiger partial charge on any atom is 0.274 e. The third kappa shape index (κ3) is 2.51. The van der Waals surface area contributed by atoms with Crippen LogP contribution in [0, 0.1) is 10.1 Å². The molecule has 0 radical (unpaired) electrons. The van der Waals surface area contributed by atoms with Crippen molar-refractivity contribution < 1.29 is 4.92 Å². The lowest BCUT2D eigenvalue weighted by Gasteiger charge is -2.07. The molecule has 0 bridgehead atoms. The second-order valence-corrected chi connectivity index (χ2v) is 4.93. The number of nitrogens with two attached hydrogens (primary N) is 1. The summed E-state index contributed by atoms with van der Waals surface area (Å²) in [5.74, 6) is 0. The Kier molecular flexibility index (Phi) is 3.41. The predicted molar refractivity (Wildman–Crippen MR) is 82.0 cm³/mol. The Morgan fingerprint density at radius 1 is 1.14 bits per heavy atom. The molecule has 0 atom stereocenters. The molecule has 0 saturated carbocycles. The van der Waals surface area contributed by atoms with E-state index < -0.39 is 0 Å². The zero-order valence-electron chi connectivity index (χ0n) is 11.4. The Bertz CT molecular complexity index is 808. The van der Waals surface area contributed by atoms with Crippen LogP contribution in [-0.4, -0.2) is 9.49 Å². The summed E-state index contributed by atoms with van der Waals surface area (Å²) in [6.45, 7) is 0.946. The van der Waals surface area contributed by atoms with Crippen molar-refractivity contribution >= 4 is 16.6 Å². The van der Waals surface area contributed by atoms with E-state index in [1.165, 1.54) is 6.07 Å². The van der Waals surface area contributed by atoms with Crippen LogP contribution >= 0.6 is 0 Å². The van der Waals surface area contributed by atoms with Crippen molar-refractivity contribution in [1.82, 2.24) is 4.57 Å². The van der Waals surface area contributed by atoms with Gasteiger partial charge in [-0.25, -0.2) is 0 Å². The first kappa shape index (κ1) is 13.3. The first-order valence-electron chi connectivity index (χ1n) is 6.69. The molecule has 21 heavy (non-hydrogen) atoms. The lowest BCUT2D eigenvalue weighted by molar-refractivity contribution is -0.385. The summed E-state index contributed by atoms with van der Waals surface area (Å²) >= 11 is 0. The average Bonchev–Trinajstić information content (AvgIpc) is 2.90. The number of nitro benzene ring substituents is 1. The second kappa shape index (κ2) is 5.38. The molecule has 0 aliphatic rings. The highest BCUT2D eigenvalue weighted by atomic mass is 16.6. The minimum atomic E-state index is -0.341. The number of hydrogen-bond donors (Lipinski definition) is 1. The highest BCUT2D eigenvalue weighted by Gasteiger charge is 2.13. The van der Waals surface area contributed by atoms with Gasteiger partial charge in [0, 0.05) is 29.9 Å². The molecule has 1 heterocycles. The fourth-order valence-electron chi connectivity index (χ4n) is 2.50. The van der Waals surface area contributed by atoms with Crippen LogP contribution in [0.25, 0.3) is 10.9 Å². The zero-order valence-corrected chi connectivity index (χ0v) is 11.4. The maximum atomic E-state index is 11.1. The first-order valence-corrected chi connectivity index (χ1v) is 6.69. The Morgan fingerprint density at radius 2 is 1.95 bits per heavy atom. The summed E-state index contributed by atoms with van der Waals surface area (Å²) in [6.07, 6.45) is 1.95. The van der Waals surface area contributed by atoms with Gasteiger partial charge >= 0.3 is 0 Å². The number of benzene rings is 2. The number of hydrogen-bond acceptors (Lipinski definition) is 3. The largest absolute Gasteiger partial charge is 0.343 e. The van der Waals surface area contributed by atoms with Crippen molar-refractivity contribution in [3.63, 3.8) is 0 Å². The van der Waals surface area contributed by atoms with Gasteiger partial charge in [0.1, 0.15) is 0 Å². The molecule has 0 aliphatic heterocycles. The molecule has 0 aliphatic carbocycles. The highest BCUT2D eigenvalue weighted by molar-refractivity contribution is 5.81. The molecule has 0 spiro atoms. The molecule has 2 aromatic carbocycles. The maximum absolute atomic E-state index is 11.1. The van der Waals surface area contributed by atoms with Crippen molar-refractivity contribution in [3.8, 4) is 0 Å². The van der Waals surface area contributed by atoms with Crippen LogP contribution in [-0.2, 0) is 13.1 Å². The molecule has 0 fully saturated rings. The van der Waals surface area contributed by atoms with Crippen LogP contribution < -0.4 is 5.73 Å². The van der Waals surface area contributed by atoms with Gasteiger partial charge < -0.3 is 10.3 Å². The molecule has 106 valence electrons. The van der Waals surface area contributed by atoms with Crippen molar-refractivity contribution in [1.29, 1.82) is 0 Å². The van der Waals surface area contributed by atoms with Crippen LogP contribution in [0.3, 0.4) is 0 Å². The third-order valence-corrected chi connectivity index (χ3v) is 3.60. The van der Waals surface area contributed by atoms with Gasteiger partial charge in [0.25, 0.3) is 5.69 Å². The van der Waals surface area contributed by atoms with E-state index in [0.717, 1.165) is 16.5 Å². The van der Waals surface area contributed by atoms with E-state index in [-0.39, 0.29) is 10.6 Å². The Morgan fingerprint density at radius 3 is 2.71 bits per heavy atom. The Balaban J connectivity index is 2.04. The first-order chi connectivity index (χ1) is 10.2. The number of nitro groups is 1. The van der Waals surface area contributed by atoms with E-state index in [9.17, 15) is 10.1 Å². The lowest BCUT2D eigenvalue weighted by atomic mass is 10.1. The van der Waals surface area contributed by atoms with Crippen LogP contribution in [0.15, 0.2) is 54.7 Å². The van der Waals surface area contributed by atoms with E-state index in [1.807, 2.05) is 41.1 Å². The smallest absolute Gasteiger partial charge is 0.274 e. The van der Waals surface area contributed by atoms with Crippen LogP contribution in [0.2, 0.25) is 0 Å². The molecule has 2 N–H and O–H groups in total. The van der Waals surface area contributed by atoms with Crippen molar-refractivity contribution in [2.45, 2.75) is 13.1 Å². The van der Waals surface area contributed by atoms with E-state index in [0.29, 0.717) is 18.7 Å². The SMILES string of the molecule is NCc1ccc2ccn(Cc3ccccc3[N+](=O)[O-])c2c1. The minimum Gasteiger partial charge on any atom is -0.343 e. The van der Waals surface area contributed by atoms with Crippen LogP contribution in [0.5, 0.6) is 0 Å². The van der Waals surface area contributed by atoms with E-state index in [1.54, 1.807) is 12.1 Å². The summed E-state index contributed by atoms with van der Waals surface area (Å²) in [7, 11) is 0. The summed E-state index contributed by atoms with van der Waals surface area (Å²) in [6, 6.07) is 14.9. The minimum absolute atomic E-state index is 0.148. The van der Waals surface area contributed by atoms with Gasteiger partial charge in [0.05, 0.1) is 11.5 Å². The van der Waals surface area contributed by atoms with E-state index >= 15 is 0 Å². The summed E-state index contributed by atoms with van der Waals surface area (Å²) in [5, 5.41) is 12.2. The molecule has 1 aromatic heterocycles. The molecule has 5 heteroatoms. The van der Waals surface area contributed by atoms with Crippen LogP contribution in [0.1, 0.15) is 11.1 Å². The topological polar surface area (TPSA) is 74.1 Å². The molecule has 5 nitrogen and oxygen atoms in total. The second-order valence-electron chi connectivity index (χ2n) is 4.93. The molecular formula is C16H15N3O2. The van der Waals surface area contributed by atoms with Crippen LogP contribution in [0.4, 0.5) is 5.69 Å². The van der Waals surface area contributed by atoms with E-state index in [2.05, 4.69) is 0 Å². The molecule has 0 unspecified atom stereocenters. The fourth-order valence-corrected chi connectivity index (χ4v) is 2.50. The monoisotopic (exact) mass is 281 g/mol. The standard InChI is InChI=1S/C16H15N3O2/c17-10-12-5-6-13-7-8-18(16(13)9-12)11-14-3-1-2-4-15(14)19(20)21/h1-9H,10-11,17H2. The van der Waals surface area contributed by atoms with Gasteiger partial charge in [-0.15, -0.1) is 0 Å². The van der Waals surface area contributed by atoms with Crippen molar-refractivity contribution in [2.24, 2.45) is 5.73 Å². The summed E-state index contributed by atoms with van der Waals surface area (Å²) in [5.41, 5.74) is 8.60. The van der Waals surface area contributed by atoms with Gasteiger partial charge in [0.2, 0.25) is 0 Å². The normalized spacial score (nSPS) is 10.9. The lowest BCUT2D eigenvalue weighted by Crippen LogP contribution is -2.02. The number of rotatable bonds is 4. The predicted octanol–water partition coefficient (Wildman–Crippen LogP) is 3.06. The van der Waals surface area contributed by atoms with E-state index in [4.69, 9.17) is 5.73 Å². The number of para-hydroxylation sites is 1. The number of fused-ring (bicyclic) bond motifs is 1. The summed E-state index contributed by atoms with van der Waals surface area (Å²) < 4.78 is 2.01. The third-order valence-electron chi connectivity index (χ3n) is 3.60. The van der Waals surface area contributed by atoms with Gasteiger partial charge in [-0.2, -0.15) is 0 Å². The number of nitrogens with zero attached hydrogens (tertiary/aromatic N) is 2. The Labute approximate surface area is 121 Å². The average molecular weight is 281 g/mol. The molecule has 0 saturated heterocycles. The van der Waals surface area contributed by atoms with Gasteiger partial charge in [-0.1, -0.05) is 30.3 Å². The molecule has 3 rings (SSSR count). The van der Waals surface area contributed by atoms with Gasteiger partial charge in [-0.05, 0) is 23.1 Å². The Hall–Kier alpha value is -2.66. The summed E-state index contributed by atoms with van der Waals surface area (Å²) in [4.78, 5) is 10.8. The fraction of sp³-hybridized carbons (Fsp3) is 0.125. The molecular weight excluding hydrogens is 266 g/mol. The van der Waals surface area contributed by atoms with Gasteiger partial charge in [0.15, 0.2) is 0 Å². The highest BCUT2D eigenvalue weighted by Crippen LogP contribution is 2.23. The van der Waals surface area contributed by atoms with Gasteiger partial charge in [-0.3, -0.25) is 10.1 Å². The zero-order chi connectivity index (χ0) is 14.8. The van der Waals surface area contributed by atoms with Crippen molar-refractivity contribution in [2.75, 3.05) is 0 Å².